The Morgan fingerprint density at radius 3 is 2.29 bits per heavy atom. The van der Waals surface area contributed by atoms with Crippen LogP contribution >= 0.6 is 7.75 Å². The molecular weight excluding hydrogens is 215 g/mol. The number of amides is 1. The molecule has 1 amide bonds. The molecule has 0 saturated carbocycles. The molecule has 14 heavy (non-hydrogen) atoms. The highest BCUT2D eigenvalue weighted by Crippen LogP contribution is 2.26. The van der Waals surface area contributed by atoms with Crippen molar-refractivity contribution in [2.75, 3.05) is 6.54 Å². The van der Waals surface area contributed by atoms with E-state index in [2.05, 4.69) is 0 Å². The van der Waals surface area contributed by atoms with Crippen molar-refractivity contribution in [1.29, 1.82) is 0 Å². The van der Waals surface area contributed by atoms with Gasteiger partial charge in [-0.05, 0) is 6.92 Å². The number of rotatable bonds is 5. The van der Waals surface area contributed by atoms with Crippen LogP contribution in [0, 0.1) is 0 Å². The minimum absolute atomic E-state index is 0.637. The monoisotopic (exact) mass is 226 g/mol. The topological polar surface area (TPSA) is 136 Å². The molecule has 0 aromatic rings. The van der Waals surface area contributed by atoms with Gasteiger partial charge in [0.25, 0.3) is 0 Å². The summed E-state index contributed by atoms with van der Waals surface area (Å²) in [5.74, 6) is -2.03. The van der Waals surface area contributed by atoms with Crippen molar-refractivity contribution in [3.63, 3.8) is 0 Å². The minimum Gasteiger partial charge on any atom is -0.480 e. The number of carboxylic acids is 1. The number of carbonyl (C=O) groups excluding carboxylic acids is 1. The van der Waals surface area contributed by atoms with Crippen molar-refractivity contribution in [3.05, 3.63) is 0 Å². The predicted molar refractivity (Wildman–Crippen MR) is 45.3 cm³/mol. The number of carboxylic acid groups (broad SMARTS) is 1. The fourth-order valence-corrected chi connectivity index (χ4v) is 0.879. The second-order valence-electron chi connectivity index (χ2n) is 2.51. The zero-order chi connectivity index (χ0) is 11.4. The van der Waals surface area contributed by atoms with Gasteiger partial charge in [-0.2, -0.15) is 0 Å². The van der Waals surface area contributed by atoms with Crippen LogP contribution < -0.4 is 10.4 Å². The predicted octanol–water partition coefficient (Wildman–Crippen LogP) is -1.74. The summed E-state index contributed by atoms with van der Waals surface area (Å²) in [6.45, 7) is 0.597. The smallest absolute Gasteiger partial charge is 0.400 e. The second kappa shape index (κ2) is 5.06. The van der Waals surface area contributed by atoms with Gasteiger partial charge in [-0.15, -0.1) is 0 Å². The van der Waals surface area contributed by atoms with E-state index in [1.165, 1.54) is 6.92 Å². The van der Waals surface area contributed by atoms with Crippen LogP contribution in [0.2, 0.25) is 0 Å². The maximum atomic E-state index is 10.8. The summed E-state index contributed by atoms with van der Waals surface area (Å²) in [5.41, 5.74) is 0. The zero-order valence-corrected chi connectivity index (χ0v) is 8.19. The summed E-state index contributed by atoms with van der Waals surface area (Å²) in [5, 5.41) is 12.0. The fourth-order valence-electron chi connectivity index (χ4n) is 0.529. The lowest BCUT2D eigenvalue weighted by atomic mass is 10.3. The van der Waals surface area contributed by atoms with E-state index in [1.54, 1.807) is 5.09 Å². The second-order valence-corrected chi connectivity index (χ2v) is 3.91. The van der Waals surface area contributed by atoms with Crippen LogP contribution in [0.4, 0.5) is 0 Å². The Labute approximate surface area is 79.5 Å². The van der Waals surface area contributed by atoms with E-state index in [-0.39, 0.29) is 0 Å². The summed E-state index contributed by atoms with van der Waals surface area (Å²) >= 11 is 0. The maximum Gasteiger partial charge on any atom is 0.400 e. The lowest BCUT2D eigenvalue weighted by Gasteiger charge is -2.10. The molecule has 82 valence electrons. The third-order valence-electron chi connectivity index (χ3n) is 1.19. The Kier molecular flexibility index (Phi) is 4.72. The van der Waals surface area contributed by atoms with E-state index in [9.17, 15) is 14.2 Å². The lowest BCUT2D eigenvalue weighted by Crippen LogP contribution is -2.42. The van der Waals surface area contributed by atoms with Gasteiger partial charge in [0.1, 0.15) is 6.04 Å². The number of hydrogen-bond donors (Lipinski definition) is 5. The Morgan fingerprint density at radius 2 is 1.93 bits per heavy atom. The van der Waals surface area contributed by atoms with Crippen LogP contribution in [0.1, 0.15) is 6.92 Å². The van der Waals surface area contributed by atoms with Gasteiger partial charge in [-0.1, -0.05) is 0 Å². The van der Waals surface area contributed by atoms with Gasteiger partial charge in [-0.3, -0.25) is 9.59 Å². The molecule has 0 radical (unpaired) electrons. The molecule has 0 aliphatic heterocycles. The van der Waals surface area contributed by atoms with Crippen molar-refractivity contribution >= 4 is 19.6 Å². The molecule has 0 aromatic heterocycles. The van der Waals surface area contributed by atoms with E-state index in [4.69, 9.17) is 14.9 Å². The van der Waals surface area contributed by atoms with Crippen molar-refractivity contribution < 1.29 is 29.0 Å². The highest BCUT2D eigenvalue weighted by molar-refractivity contribution is 7.49. The van der Waals surface area contributed by atoms with Crippen LogP contribution in [0.3, 0.4) is 0 Å². The SMILES string of the molecule is CC(NC(=O)CNP(=O)(O)O)C(=O)O. The first kappa shape index (κ1) is 13.1. The Hall–Kier alpha value is -0.950. The molecular formula is C5H11N2O6P. The third kappa shape index (κ3) is 6.55. The van der Waals surface area contributed by atoms with Crippen LogP contribution in [0.5, 0.6) is 0 Å². The largest absolute Gasteiger partial charge is 0.480 e. The zero-order valence-electron chi connectivity index (χ0n) is 7.30. The molecule has 0 aliphatic rings. The molecule has 1 unspecified atom stereocenters. The van der Waals surface area contributed by atoms with Gasteiger partial charge in [0.2, 0.25) is 5.91 Å². The standard InChI is InChI=1S/C5H11N2O6P/c1-3(5(9)10)7-4(8)2-6-14(11,12)13/h3H,2H2,1H3,(H,7,8)(H,9,10)(H3,6,11,12,13). The Bertz CT molecular complexity index is 273. The summed E-state index contributed by atoms with van der Waals surface area (Å²) in [4.78, 5) is 37.7. The molecule has 0 aromatic carbocycles. The maximum absolute atomic E-state index is 10.8. The molecule has 0 fully saturated rings. The fraction of sp³-hybridized carbons (Fsp3) is 0.600. The van der Waals surface area contributed by atoms with Crippen molar-refractivity contribution in [2.45, 2.75) is 13.0 Å². The van der Waals surface area contributed by atoms with Gasteiger partial charge < -0.3 is 20.2 Å². The van der Waals surface area contributed by atoms with Gasteiger partial charge in [0, 0.05) is 0 Å². The molecule has 9 heteroatoms. The van der Waals surface area contributed by atoms with E-state index < -0.39 is 32.2 Å². The first-order chi connectivity index (χ1) is 6.22. The highest BCUT2D eigenvalue weighted by atomic mass is 31.2. The molecule has 0 aliphatic carbocycles. The molecule has 0 bridgehead atoms. The summed E-state index contributed by atoms with van der Waals surface area (Å²) < 4.78 is 10.2. The third-order valence-corrected chi connectivity index (χ3v) is 1.76. The quantitative estimate of drug-likeness (QED) is 0.351. The molecule has 0 heterocycles. The van der Waals surface area contributed by atoms with Gasteiger partial charge in [-0.25, -0.2) is 9.65 Å². The van der Waals surface area contributed by atoms with Crippen molar-refractivity contribution in [2.24, 2.45) is 0 Å². The average Bonchev–Trinajstić information content (AvgIpc) is 1.99. The summed E-state index contributed by atoms with van der Waals surface area (Å²) in [7, 11) is -4.44. The molecule has 8 nitrogen and oxygen atoms in total. The molecule has 0 rings (SSSR count). The minimum atomic E-state index is -4.44. The lowest BCUT2D eigenvalue weighted by molar-refractivity contribution is -0.141. The summed E-state index contributed by atoms with van der Waals surface area (Å²) in [6.07, 6.45) is 0. The van der Waals surface area contributed by atoms with E-state index >= 15 is 0 Å². The average molecular weight is 226 g/mol. The van der Waals surface area contributed by atoms with E-state index in [0.717, 1.165) is 0 Å². The van der Waals surface area contributed by atoms with Crippen LogP contribution in [-0.2, 0) is 14.2 Å². The van der Waals surface area contributed by atoms with Crippen molar-refractivity contribution in [1.82, 2.24) is 10.4 Å². The summed E-state index contributed by atoms with van der Waals surface area (Å²) in [6, 6.07) is -1.10. The Morgan fingerprint density at radius 1 is 1.43 bits per heavy atom. The number of nitrogens with one attached hydrogen (secondary N) is 2. The first-order valence-corrected chi connectivity index (χ1v) is 5.16. The van der Waals surface area contributed by atoms with Gasteiger partial charge in [0.05, 0.1) is 6.54 Å². The first-order valence-electron chi connectivity index (χ1n) is 3.55. The molecule has 0 spiro atoms. The molecule has 0 saturated heterocycles. The molecule has 1 atom stereocenters. The number of carbonyl (C=O) groups is 2. The van der Waals surface area contributed by atoms with Crippen LogP contribution in [0.15, 0.2) is 0 Å². The van der Waals surface area contributed by atoms with Gasteiger partial charge >= 0.3 is 13.7 Å². The Balaban J connectivity index is 3.89. The van der Waals surface area contributed by atoms with Crippen molar-refractivity contribution in [3.8, 4) is 0 Å². The van der Waals surface area contributed by atoms with E-state index in [0.29, 0.717) is 0 Å². The highest BCUT2D eigenvalue weighted by Gasteiger charge is 2.17. The number of hydrogen-bond acceptors (Lipinski definition) is 3. The van der Waals surface area contributed by atoms with Gasteiger partial charge in [0.15, 0.2) is 0 Å². The molecule has 5 N–H and O–H groups in total. The number of aliphatic carboxylic acids is 1. The van der Waals surface area contributed by atoms with Crippen LogP contribution in [-0.4, -0.2) is 39.4 Å². The van der Waals surface area contributed by atoms with Crippen LogP contribution in [0.25, 0.3) is 0 Å². The normalized spacial score (nSPS) is 13.4. The van der Waals surface area contributed by atoms with E-state index in [1.807, 2.05) is 5.32 Å².